The van der Waals surface area contributed by atoms with Crippen LogP contribution in [0.4, 0.5) is 0 Å². The zero-order chi connectivity index (χ0) is 14.7. The number of ether oxygens (including phenoxy) is 1. The van der Waals surface area contributed by atoms with Gasteiger partial charge in [0, 0.05) is 9.61 Å². The molecule has 0 bridgehead atoms. The average molecular weight is 446 g/mol. The molecule has 0 spiro atoms. The van der Waals surface area contributed by atoms with Crippen LogP contribution in [0.3, 0.4) is 0 Å². The molecule has 0 saturated carbocycles. The lowest BCUT2D eigenvalue weighted by atomic mass is 9.98. The molecule has 0 heterocycles. The summed E-state index contributed by atoms with van der Waals surface area (Å²) in [4.78, 5) is 0. The molecule has 4 heteroatoms. The highest BCUT2D eigenvalue weighted by Crippen LogP contribution is 2.28. The molecule has 2 N–H and O–H groups in total. The summed E-state index contributed by atoms with van der Waals surface area (Å²) in [5.74, 6) is 0.840. The maximum atomic E-state index is 6.37. The smallest absolute Gasteiger partial charge is 0.133 e. The van der Waals surface area contributed by atoms with E-state index in [1.165, 1.54) is 20.3 Å². The molecular formula is C16H17BrINO. The first-order valence-electron chi connectivity index (χ1n) is 6.36. The molecule has 2 nitrogen and oxygen atoms in total. The molecule has 2 rings (SSSR count). The Morgan fingerprint density at radius 1 is 1.30 bits per heavy atom. The van der Waals surface area contributed by atoms with Gasteiger partial charge in [-0.15, -0.1) is 0 Å². The van der Waals surface area contributed by atoms with Crippen LogP contribution in [0.5, 0.6) is 5.75 Å². The SMILES string of the molecule is COc1ccc(CC(N)c2cccc(C)c2I)cc1Br. The number of rotatable bonds is 4. The maximum Gasteiger partial charge on any atom is 0.133 e. The van der Waals surface area contributed by atoms with Crippen molar-refractivity contribution in [1.29, 1.82) is 0 Å². The Hall–Kier alpha value is -0.590. The van der Waals surface area contributed by atoms with E-state index in [0.29, 0.717) is 0 Å². The molecule has 0 aliphatic carbocycles. The molecule has 0 saturated heterocycles. The summed E-state index contributed by atoms with van der Waals surface area (Å²) in [6.07, 6.45) is 0.808. The minimum absolute atomic E-state index is 0.00194. The Bertz CT molecular complexity index is 615. The molecule has 0 aromatic heterocycles. The maximum absolute atomic E-state index is 6.37. The van der Waals surface area contributed by atoms with Crippen LogP contribution in [0.15, 0.2) is 40.9 Å². The van der Waals surface area contributed by atoms with Gasteiger partial charge in [0.25, 0.3) is 0 Å². The molecule has 0 radical (unpaired) electrons. The molecule has 0 aliphatic rings. The Balaban J connectivity index is 2.21. The van der Waals surface area contributed by atoms with E-state index in [1.807, 2.05) is 6.07 Å². The van der Waals surface area contributed by atoms with Crippen molar-refractivity contribution in [1.82, 2.24) is 0 Å². The van der Waals surface area contributed by atoms with Crippen LogP contribution in [0, 0.1) is 10.5 Å². The summed E-state index contributed by atoms with van der Waals surface area (Å²) in [5, 5.41) is 0. The molecule has 106 valence electrons. The van der Waals surface area contributed by atoms with E-state index in [0.717, 1.165) is 16.6 Å². The Kier molecular flexibility index (Phi) is 5.46. The van der Waals surface area contributed by atoms with Crippen LogP contribution in [0.2, 0.25) is 0 Å². The number of methoxy groups -OCH3 is 1. The molecular weight excluding hydrogens is 429 g/mol. The summed E-state index contributed by atoms with van der Waals surface area (Å²) >= 11 is 5.88. The van der Waals surface area contributed by atoms with Crippen molar-refractivity contribution >= 4 is 38.5 Å². The van der Waals surface area contributed by atoms with Gasteiger partial charge in [0.1, 0.15) is 5.75 Å². The topological polar surface area (TPSA) is 35.2 Å². The van der Waals surface area contributed by atoms with E-state index in [9.17, 15) is 0 Å². The number of aryl methyl sites for hydroxylation is 1. The molecule has 0 aliphatic heterocycles. The number of nitrogens with two attached hydrogens (primary N) is 1. The molecule has 0 amide bonds. The van der Waals surface area contributed by atoms with Gasteiger partial charge in [0.05, 0.1) is 11.6 Å². The predicted octanol–water partition coefficient (Wildman–Crippen LogP) is 4.61. The first-order chi connectivity index (χ1) is 9.52. The highest BCUT2D eigenvalue weighted by Gasteiger charge is 2.12. The van der Waals surface area contributed by atoms with E-state index in [1.54, 1.807) is 7.11 Å². The summed E-state index contributed by atoms with van der Waals surface area (Å²) < 4.78 is 7.46. The highest BCUT2D eigenvalue weighted by atomic mass is 127. The zero-order valence-electron chi connectivity index (χ0n) is 11.5. The lowest BCUT2D eigenvalue weighted by Gasteiger charge is -2.16. The lowest BCUT2D eigenvalue weighted by Crippen LogP contribution is -2.15. The van der Waals surface area contributed by atoms with E-state index < -0.39 is 0 Å². The van der Waals surface area contributed by atoms with Gasteiger partial charge in [-0.05, 0) is 80.7 Å². The average Bonchev–Trinajstić information content (AvgIpc) is 2.42. The van der Waals surface area contributed by atoms with Crippen LogP contribution in [-0.2, 0) is 6.42 Å². The molecule has 1 atom stereocenters. The van der Waals surface area contributed by atoms with Crippen molar-refractivity contribution in [2.75, 3.05) is 7.11 Å². The molecule has 1 unspecified atom stereocenters. The Morgan fingerprint density at radius 2 is 2.05 bits per heavy atom. The second-order valence-corrected chi connectivity index (χ2v) is 6.69. The van der Waals surface area contributed by atoms with Crippen molar-refractivity contribution in [2.45, 2.75) is 19.4 Å². The van der Waals surface area contributed by atoms with Gasteiger partial charge >= 0.3 is 0 Å². The third kappa shape index (κ3) is 3.54. The second kappa shape index (κ2) is 6.91. The Labute approximate surface area is 142 Å². The van der Waals surface area contributed by atoms with E-state index in [2.05, 4.69) is 75.8 Å². The minimum atomic E-state index is 0.00194. The van der Waals surface area contributed by atoms with Crippen molar-refractivity contribution < 1.29 is 4.74 Å². The van der Waals surface area contributed by atoms with Crippen molar-refractivity contribution in [2.24, 2.45) is 5.73 Å². The van der Waals surface area contributed by atoms with Gasteiger partial charge in [-0.3, -0.25) is 0 Å². The first-order valence-corrected chi connectivity index (χ1v) is 8.23. The van der Waals surface area contributed by atoms with E-state index in [-0.39, 0.29) is 6.04 Å². The minimum Gasteiger partial charge on any atom is -0.496 e. The summed E-state index contributed by atoms with van der Waals surface area (Å²) in [5.41, 5.74) is 10.0. The number of halogens is 2. The van der Waals surface area contributed by atoms with Gasteiger partial charge in [0.15, 0.2) is 0 Å². The fraction of sp³-hybridized carbons (Fsp3) is 0.250. The van der Waals surface area contributed by atoms with Crippen molar-refractivity contribution in [3.63, 3.8) is 0 Å². The third-order valence-electron chi connectivity index (χ3n) is 3.29. The predicted molar refractivity (Wildman–Crippen MR) is 95.2 cm³/mol. The monoisotopic (exact) mass is 445 g/mol. The largest absolute Gasteiger partial charge is 0.496 e. The second-order valence-electron chi connectivity index (χ2n) is 4.76. The lowest BCUT2D eigenvalue weighted by molar-refractivity contribution is 0.412. The number of hydrogen-bond acceptors (Lipinski definition) is 2. The number of benzene rings is 2. The Morgan fingerprint density at radius 3 is 2.70 bits per heavy atom. The van der Waals surface area contributed by atoms with Crippen molar-refractivity contribution in [3.05, 3.63) is 61.1 Å². The molecule has 2 aromatic carbocycles. The fourth-order valence-corrected chi connectivity index (χ4v) is 3.50. The van der Waals surface area contributed by atoms with Crippen LogP contribution in [-0.4, -0.2) is 7.11 Å². The summed E-state index contributed by atoms with van der Waals surface area (Å²) in [6.45, 7) is 2.11. The van der Waals surface area contributed by atoms with Crippen LogP contribution < -0.4 is 10.5 Å². The quantitative estimate of drug-likeness (QED) is 0.697. The molecule has 0 fully saturated rings. The van der Waals surface area contributed by atoms with Gasteiger partial charge in [0.2, 0.25) is 0 Å². The van der Waals surface area contributed by atoms with Crippen LogP contribution in [0.1, 0.15) is 22.7 Å². The van der Waals surface area contributed by atoms with E-state index in [4.69, 9.17) is 10.5 Å². The van der Waals surface area contributed by atoms with Gasteiger partial charge < -0.3 is 10.5 Å². The highest BCUT2D eigenvalue weighted by molar-refractivity contribution is 14.1. The van der Waals surface area contributed by atoms with Gasteiger partial charge in [-0.25, -0.2) is 0 Å². The van der Waals surface area contributed by atoms with E-state index >= 15 is 0 Å². The summed E-state index contributed by atoms with van der Waals surface area (Å²) in [7, 11) is 1.67. The summed E-state index contributed by atoms with van der Waals surface area (Å²) in [6, 6.07) is 12.4. The molecule has 20 heavy (non-hydrogen) atoms. The first kappa shape index (κ1) is 15.8. The van der Waals surface area contributed by atoms with Crippen LogP contribution >= 0.6 is 38.5 Å². The number of hydrogen-bond donors (Lipinski definition) is 1. The fourth-order valence-electron chi connectivity index (χ4n) is 2.16. The normalized spacial score (nSPS) is 12.2. The van der Waals surface area contributed by atoms with Gasteiger partial charge in [-0.1, -0.05) is 24.3 Å². The van der Waals surface area contributed by atoms with Gasteiger partial charge in [-0.2, -0.15) is 0 Å². The molecule has 2 aromatic rings. The standard InChI is InChI=1S/C16H17BrINO/c1-10-4-3-5-12(16(10)18)14(19)9-11-6-7-15(20-2)13(17)8-11/h3-8,14H,9,19H2,1-2H3. The zero-order valence-corrected chi connectivity index (χ0v) is 15.2. The van der Waals surface area contributed by atoms with Crippen molar-refractivity contribution in [3.8, 4) is 5.75 Å². The van der Waals surface area contributed by atoms with Crippen LogP contribution in [0.25, 0.3) is 0 Å². The third-order valence-corrected chi connectivity index (χ3v) is 5.39.